The summed E-state index contributed by atoms with van der Waals surface area (Å²) in [4.78, 5) is 0. The van der Waals surface area contributed by atoms with E-state index in [2.05, 4.69) is 0 Å². The van der Waals surface area contributed by atoms with E-state index >= 15 is 0 Å². The quantitative estimate of drug-likeness (QED) is 0.896. The number of hydrogen-bond acceptors (Lipinski definition) is 2. The average molecular weight is 261 g/mol. The van der Waals surface area contributed by atoms with Gasteiger partial charge in [0.25, 0.3) is 0 Å². The molecule has 1 aliphatic rings. The summed E-state index contributed by atoms with van der Waals surface area (Å²) in [5.74, 6) is 0. The van der Waals surface area contributed by atoms with Crippen molar-refractivity contribution >= 4 is 11.6 Å². The molecule has 0 bridgehead atoms. The largest absolute Gasteiger partial charge is 0.384 e. The molecule has 0 spiro atoms. The van der Waals surface area contributed by atoms with Crippen LogP contribution in [0.15, 0.2) is 42.5 Å². The zero-order chi connectivity index (χ0) is 12.5. The van der Waals surface area contributed by atoms with Crippen molar-refractivity contribution in [2.75, 3.05) is 0 Å². The summed E-state index contributed by atoms with van der Waals surface area (Å²) in [5, 5.41) is 11.0. The average Bonchev–Trinajstić information content (AvgIpc) is 2.86. The molecule has 18 heavy (non-hydrogen) atoms. The van der Waals surface area contributed by atoms with E-state index in [0.717, 1.165) is 11.1 Å². The Labute approximate surface area is 111 Å². The third-order valence-corrected chi connectivity index (χ3v) is 3.50. The Morgan fingerprint density at radius 1 is 0.944 bits per heavy atom. The van der Waals surface area contributed by atoms with Gasteiger partial charge in [0.1, 0.15) is 6.10 Å². The molecule has 3 heteroatoms. The van der Waals surface area contributed by atoms with Gasteiger partial charge in [-0.1, -0.05) is 41.9 Å². The molecular formula is C15H13ClO2. The zero-order valence-electron chi connectivity index (χ0n) is 9.77. The number of aliphatic hydroxyl groups excluding tert-OH is 1. The van der Waals surface area contributed by atoms with E-state index in [1.807, 2.05) is 30.3 Å². The maximum Gasteiger partial charge on any atom is 0.104 e. The molecule has 0 saturated heterocycles. The van der Waals surface area contributed by atoms with Gasteiger partial charge in [0, 0.05) is 5.02 Å². The Kier molecular flexibility index (Phi) is 3.08. The fourth-order valence-electron chi connectivity index (χ4n) is 2.20. The summed E-state index contributed by atoms with van der Waals surface area (Å²) in [6.45, 7) is 1.31. The smallest absolute Gasteiger partial charge is 0.104 e. The van der Waals surface area contributed by atoms with Crippen LogP contribution < -0.4 is 0 Å². The van der Waals surface area contributed by atoms with E-state index in [0.29, 0.717) is 18.2 Å². The highest BCUT2D eigenvalue weighted by Gasteiger charge is 2.15. The van der Waals surface area contributed by atoms with E-state index in [-0.39, 0.29) is 0 Å². The summed E-state index contributed by atoms with van der Waals surface area (Å²) < 4.78 is 5.37. The highest BCUT2D eigenvalue weighted by atomic mass is 35.5. The van der Waals surface area contributed by atoms with Crippen LogP contribution in [0.25, 0.3) is 0 Å². The highest BCUT2D eigenvalue weighted by molar-refractivity contribution is 6.30. The molecule has 0 amide bonds. The first-order valence-corrected chi connectivity index (χ1v) is 6.25. The lowest BCUT2D eigenvalue weighted by Crippen LogP contribution is -2.00. The van der Waals surface area contributed by atoms with Gasteiger partial charge in [0.15, 0.2) is 0 Å². The summed E-state index contributed by atoms with van der Waals surface area (Å²) >= 11 is 5.84. The maximum absolute atomic E-state index is 10.3. The number of ether oxygens (including phenoxy) is 1. The van der Waals surface area contributed by atoms with E-state index in [4.69, 9.17) is 16.3 Å². The Bertz CT molecular complexity index is 563. The van der Waals surface area contributed by atoms with E-state index in [9.17, 15) is 5.11 Å². The molecule has 1 unspecified atom stereocenters. The van der Waals surface area contributed by atoms with Crippen LogP contribution in [0.2, 0.25) is 5.02 Å². The molecular weight excluding hydrogens is 248 g/mol. The van der Waals surface area contributed by atoms with Crippen molar-refractivity contribution in [3.05, 3.63) is 69.7 Å². The number of aliphatic hydroxyl groups is 1. The summed E-state index contributed by atoms with van der Waals surface area (Å²) in [6, 6.07) is 13.3. The first-order valence-electron chi connectivity index (χ1n) is 5.87. The van der Waals surface area contributed by atoms with Crippen molar-refractivity contribution < 1.29 is 9.84 Å². The predicted octanol–water partition coefficient (Wildman–Crippen LogP) is 3.45. The molecule has 0 aliphatic carbocycles. The molecule has 1 atom stereocenters. The van der Waals surface area contributed by atoms with Crippen molar-refractivity contribution in [2.45, 2.75) is 19.3 Å². The lowest BCUT2D eigenvalue weighted by molar-refractivity contribution is 0.134. The first-order chi connectivity index (χ1) is 8.74. The molecule has 1 N–H and O–H groups in total. The minimum absolute atomic E-state index is 0.617. The second kappa shape index (κ2) is 4.73. The van der Waals surface area contributed by atoms with Gasteiger partial charge in [-0.25, -0.2) is 0 Å². The minimum Gasteiger partial charge on any atom is -0.384 e. The maximum atomic E-state index is 10.3. The molecule has 0 aromatic heterocycles. The summed E-state index contributed by atoms with van der Waals surface area (Å²) in [7, 11) is 0. The standard InChI is InChI=1S/C15H13ClO2/c16-14-5-3-10(4-6-14)15(17)11-1-2-12-8-18-9-13(12)7-11/h1-7,15,17H,8-9H2. The molecule has 1 aliphatic heterocycles. The second-order valence-corrected chi connectivity index (χ2v) is 4.91. The third-order valence-electron chi connectivity index (χ3n) is 3.25. The Morgan fingerprint density at radius 3 is 2.39 bits per heavy atom. The van der Waals surface area contributed by atoms with Crippen LogP contribution in [0.3, 0.4) is 0 Å². The molecule has 1 heterocycles. The third kappa shape index (κ3) is 2.15. The SMILES string of the molecule is OC(c1ccc(Cl)cc1)c1ccc2c(c1)COC2. The predicted molar refractivity (Wildman–Crippen MR) is 70.4 cm³/mol. The van der Waals surface area contributed by atoms with Crippen molar-refractivity contribution in [1.82, 2.24) is 0 Å². The van der Waals surface area contributed by atoms with Gasteiger partial charge >= 0.3 is 0 Å². The number of fused-ring (bicyclic) bond motifs is 1. The molecule has 0 saturated carbocycles. The summed E-state index contributed by atoms with van der Waals surface area (Å²) in [5.41, 5.74) is 4.11. The van der Waals surface area contributed by atoms with E-state index in [1.54, 1.807) is 12.1 Å². The van der Waals surface area contributed by atoms with Crippen LogP contribution in [-0.4, -0.2) is 5.11 Å². The molecule has 92 valence electrons. The number of benzene rings is 2. The summed E-state index contributed by atoms with van der Waals surface area (Å²) in [6.07, 6.45) is -0.617. The first kappa shape index (κ1) is 11.7. The van der Waals surface area contributed by atoms with Crippen LogP contribution in [0.4, 0.5) is 0 Å². The number of halogens is 1. The fourth-order valence-corrected chi connectivity index (χ4v) is 2.33. The topological polar surface area (TPSA) is 29.5 Å². The van der Waals surface area contributed by atoms with Gasteiger partial charge in [0.2, 0.25) is 0 Å². The molecule has 0 radical (unpaired) electrons. The zero-order valence-corrected chi connectivity index (χ0v) is 10.5. The van der Waals surface area contributed by atoms with Gasteiger partial charge in [-0.2, -0.15) is 0 Å². The van der Waals surface area contributed by atoms with E-state index < -0.39 is 6.10 Å². The number of rotatable bonds is 2. The highest BCUT2D eigenvalue weighted by Crippen LogP contribution is 2.27. The van der Waals surface area contributed by atoms with E-state index in [1.165, 1.54) is 11.1 Å². The Hall–Kier alpha value is -1.35. The normalized spacial score (nSPS) is 15.4. The minimum atomic E-state index is -0.617. The Balaban J connectivity index is 1.92. The van der Waals surface area contributed by atoms with Crippen LogP contribution in [0.1, 0.15) is 28.4 Å². The van der Waals surface area contributed by atoms with Gasteiger partial charge < -0.3 is 9.84 Å². The lowest BCUT2D eigenvalue weighted by Gasteiger charge is -2.12. The van der Waals surface area contributed by atoms with Crippen LogP contribution in [0.5, 0.6) is 0 Å². The Morgan fingerprint density at radius 2 is 1.61 bits per heavy atom. The molecule has 2 aromatic rings. The van der Waals surface area contributed by atoms with Gasteiger partial charge in [0.05, 0.1) is 13.2 Å². The lowest BCUT2D eigenvalue weighted by atomic mass is 9.98. The van der Waals surface area contributed by atoms with Crippen LogP contribution >= 0.6 is 11.6 Å². The van der Waals surface area contributed by atoms with Gasteiger partial charge in [-0.3, -0.25) is 0 Å². The van der Waals surface area contributed by atoms with Crippen LogP contribution in [0, 0.1) is 0 Å². The van der Waals surface area contributed by atoms with Crippen molar-refractivity contribution in [2.24, 2.45) is 0 Å². The van der Waals surface area contributed by atoms with Gasteiger partial charge in [-0.15, -0.1) is 0 Å². The fraction of sp³-hybridized carbons (Fsp3) is 0.200. The monoisotopic (exact) mass is 260 g/mol. The molecule has 2 nitrogen and oxygen atoms in total. The van der Waals surface area contributed by atoms with Crippen molar-refractivity contribution in [1.29, 1.82) is 0 Å². The van der Waals surface area contributed by atoms with Crippen LogP contribution in [-0.2, 0) is 18.0 Å². The van der Waals surface area contributed by atoms with Crippen molar-refractivity contribution in [3.8, 4) is 0 Å². The molecule has 0 fully saturated rings. The molecule has 2 aromatic carbocycles. The van der Waals surface area contributed by atoms with Gasteiger partial charge in [-0.05, 0) is 34.4 Å². The van der Waals surface area contributed by atoms with Crippen molar-refractivity contribution in [3.63, 3.8) is 0 Å². The number of hydrogen-bond donors (Lipinski definition) is 1. The second-order valence-electron chi connectivity index (χ2n) is 4.48. The molecule has 3 rings (SSSR count).